The molecule has 68 valence electrons. The van der Waals surface area contributed by atoms with Crippen molar-refractivity contribution in [1.82, 2.24) is 4.89 Å². The van der Waals surface area contributed by atoms with Gasteiger partial charge in [0.25, 0.3) is 10.2 Å². The summed E-state index contributed by atoms with van der Waals surface area (Å²) in [6.45, 7) is -1.72. The van der Waals surface area contributed by atoms with E-state index in [1.54, 1.807) is 0 Å². The second kappa shape index (κ2) is 3.34. The molecule has 9 heteroatoms. The first kappa shape index (κ1) is 10.6. The lowest BCUT2D eigenvalue weighted by molar-refractivity contribution is -0.181. The summed E-state index contributed by atoms with van der Waals surface area (Å²) in [6, 6.07) is 0. The fraction of sp³-hybridized carbons (Fsp3) is 1.00. The number of nitrogens with one attached hydrogen (secondary N) is 1. The Balaban J connectivity index is 3.61. The van der Waals surface area contributed by atoms with Crippen LogP contribution in [0.2, 0.25) is 0 Å². The average Bonchev–Trinajstić information content (AvgIpc) is 1.55. The molecule has 0 aliphatic heterocycles. The molecule has 5 nitrogen and oxygen atoms in total. The van der Waals surface area contributed by atoms with Gasteiger partial charge in [0, 0.05) is 0 Å². The van der Waals surface area contributed by atoms with Gasteiger partial charge in [-0.1, -0.05) is 4.89 Å². The van der Waals surface area contributed by atoms with Crippen LogP contribution in [0.5, 0.6) is 0 Å². The van der Waals surface area contributed by atoms with E-state index < -0.39 is 23.0 Å². The second-order valence-electron chi connectivity index (χ2n) is 1.53. The molecule has 0 aromatic heterocycles. The van der Waals surface area contributed by atoms with Gasteiger partial charge in [-0.3, -0.25) is 4.84 Å². The van der Waals surface area contributed by atoms with Crippen molar-refractivity contribution in [3.05, 3.63) is 0 Å². The van der Waals surface area contributed by atoms with Crippen LogP contribution in [0.25, 0.3) is 0 Å². The molecule has 0 amide bonds. The molecule has 0 aliphatic carbocycles. The van der Waals surface area contributed by atoms with Crippen molar-refractivity contribution < 1.29 is 26.4 Å². The van der Waals surface area contributed by atoms with Crippen LogP contribution in [0.3, 0.4) is 0 Å². The number of rotatable bonds is 3. The van der Waals surface area contributed by atoms with E-state index in [1.807, 2.05) is 0 Å². The summed E-state index contributed by atoms with van der Waals surface area (Å²) in [5.41, 5.74) is 0. The molecule has 0 bridgehead atoms. The summed E-state index contributed by atoms with van der Waals surface area (Å²) >= 11 is 0. The van der Waals surface area contributed by atoms with E-state index in [9.17, 15) is 21.6 Å². The molecule has 0 saturated heterocycles. The van der Waals surface area contributed by atoms with E-state index >= 15 is 0 Å². The Hall–Kier alpha value is -0.380. The van der Waals surface area contributed by atoms with Crippen molar-refractivity contribution in [2.75, 3.05) is 6.61 Å². The molecule has 0 unspecified atom stereocenters. The van der Waals surface area contributed by atoms with Crippen molar-refractivity contribution >= 4 is 10.2 Å². The summed E-state index contributed by atoms with van der Waals surface area (Å²) in [5.74, 6) is 0. The Bertz CT molecular complexity index is 209. The van der Waals surface area contributed by atoms with E-state index in [2.05, 4.69) is 9.98 Å². The Kier molecular flexibility index (Phi) is 3.23. The summed E-state index contributed by atoms with van der Waals surface area (Å²) in [6.07, 6.45) is -4.59. The van der Waals surface area contributed by atoms with Crippen LogP contribution in [-0.4, -0.2) is 21.2 Å². The first-order valence-corrected chi connectivity index (χ1v) is 3.73. The van der Waals surface area contributed by atoms with E-state index in [-0.39, 0.29) is 0 Å². The minimum absolute atomic E-state index is 1.01. The summed E-state index contributed by atoms with van der Waals surface area (Å²) < 4.78 is 53.5. The summed E-state index contributed by atoms with van der Waals surface area (Å²) in [7, 11) is -4.22. The maximum absolute atomic E-state index is 11.2. The molecule has 0 aromatic carbocycles. The zero-order chi connectivity index (χ0) is 9.12. The van der Waals surface area contributed by atoms with Crippen LogP contribution in [0, 0.1) is 0 Å². The monoisotopic (exact) mass is 194 g/mol. The number of halogens is 3. The number of nitrogens with two attached hydrogens (primary N) is 1. The normalized spacial score (nSPS) is 13.5. The quantitative estimate of drug-likeness (QED) is 0.581. The van der Waals surface area contributed by atoms with Gasteiger partial charge in [-0.15, -0.1) is 0 Å². The number of hydrogen-bond donors (Lipinski definition) is 2. The minimum atomic E-state index is -4.59. The summed E-state index contributed by atoms with van der Waals surface area (Å²) in [4.78, 5) is 4.48. The molecule has 0 spiro atoms. The zero-order valence-electron chi connectivity index (χ0n) is 5.05. The van der Waals surface area contributed by atoms with Gasteiger partial charge in [0.15, 0.2) is 6.61 Å². The zero-order valence-corrected chi connectivity index (χ0v) is 5.87. The largest absolute Gasteiger partial charge is 0.413 e. The topological polar surface area (TPSA) is 81.4 Å². The Morgan fingerprint density at radius 1 is 1.45 bits per heavy atom. The highest BCUT2D eigenvalue weighted by molar-refractivity contribution is 7.87. The average molecular weight is 194 g/mol. The third kappa shape index (κ3) is 9.62. The van der Waals surface area contributed by atoms with Gasteiger partial charge >= 0.3 is 6.18 Å². The highest BCUT2D eigenvalue weighted by Crippen LogP contribution is 2.13. The van der Waals surface area contributed by atoms with Crippen molar-refractivity contribution in [1.29, 1.82) is 0 Å². The second-order valence-corrected chi connectivity index (χ2v) is 2.79. The predicted molar refractivity (Wildman–Crippen MR) is 28.2 cm³/mol. The lowest BCUT2D eigenvalue weighted by Crippen LogP contribution is -2.34. The van der Waals surface area contributed by atoms with Crippen molar-refractivity contribution in [3.63, 3.8) is 0 Å². The van der Waals surface area contributed by atoms with E-state index in [1.165, 1.54) is 0 Å². The third-order valence-corrected chi connectivity index (χ3v) is 0.761. The van der Waals surface area contributed by atoms with Gasteiger partial charge in [0.05, 0.1) is 0 Å². The third-order valence-electron chi connectivity index (χ3n) is 0.411. The van der Waals surface area contributed by atoms with Gasteiger partial charge in [0.2, 0.25) is 0 Å². The Labute approximate surface area is 60.5 Å². The first-order chi connectivity index (χ1) is 4.71. The number of alkyl halides is 3. The maximum Gasteiger partial charge on any atom is 0.413 e. The fourth-order valence-electron chi connectivity index (χ4n) is 0.193. The van der Waals surface area contributed by atoms with Gasteiger partial charge in [-0.2, -0.15) is 21.6 Å². The minimum Gasteiger partial charge on any atom is -0.276 e. The lowest BCUT2D eigenvalue weighted by atomic mass is 10.7. The van der Waals surface area contributed by atoms with Crippen LogP contribution in [0.4, 0.5) is 13.2 Å². The molecule has 11 heavy (non-hydrogen) atoms. The highest BCUT2D eigenvalue weighted by Gasteiger charge is 2.28. The van der Waals surface area contributed by atoms with E-state index in [0.29, 0.717) is 0 Å². The molecule has 0 heterocycles. The summed E-state index contributed by atoms with van der Waals surface area (Å²) in [5, 5.41) is 4.23. The molecular weight excluding hydrogens is 189 g/mol. The van der Waals surface area contributed by atoms with Gasteiger partial charge in [0.1, 0.15) is 0 Å². The van der Waals surface area contributed by atoms with Gasteiger partial charge in [-0.05, 0) is 0 Å². The van der Waals surface area contributed by atoms with Crippen LogP contribution >= 0.6 is 0 Å². The Morgan fingerprint density at radius 2 is 1.91 bits per heavy atom. The predicted octanol–water partition coefficient (Wildman–Crippen LogP) is -0.727. The highest BCUT2D eigenvalue weighted by atomic mass is 32.2. The molecule has 0 aromatic rings. The molecule has 0 rings (SSSR count). The fourth-order valence-corrected chi connectivity index (χ4v) is 0.417. The number of hydrogen-bond acceptors (Lipinski definition) is 3. The van der Waals surface area contributed by atoms with Crippen molar-refractivity contribution in [3.8, 4) is 0 Å². The Morgan fingerprint density at radius 3 is 2.18 bits per heavy atom. The van der Waals surface area contributed by atoms with Crippen molar-refractivity contribution in [2.45, 2.75) is 6.18 Å². The smallest absolute Gasteiger partial charge is 0.276 e. The molecule has 0 aliphatic rings. The van der Waals surface area contributed by atoms with Gasteiger partial charge < -0.3 is 0 Å². The van der Waals surface area contributed by atoms with Gasteiger partial charge in [-0.25, -0.2) is 5.14 Å². The van der Waals surface area contributed by atoms with Crippen LogP contribution in [0.1, 0.15) is 0 Å². The van der Waals surface area contributed by atoms with Crippen molar-refractivity contribution in [2.24, 2.45) is 5.14 Å². The van der Waals surface area contributed by atoms with Crippen LogP contribution in [0.15, 0.2) is 0 Å². The SMILES string of the molecule is NS(=O)(=O)NOCC(F)(F)F. The molecule has 0 atom stereocenters. The lowest BCUT2D eigenvalue weighted by Gasteiger charge is -2.05. The van der Waals surface area contributed by atoms with E-state index in [4.69, 9.17) is 0 Å². The van der Waals surface area contributed by atoms with Crippen LogP contribution < -0.4 is 10.0 Å². The molecule has 0 radical (unpaired) electrons. The molecular formula is C2H5F3N2O3S. The standard InChI is InChI=1S/C2H5F3N2O3S/c3-2(4,5)1-10-7-11(6,8)9/h7H,1H2,(H2,6,8,9). The first-order valence-electron chi connectivity index (χ1n) is 2.19. The molecule has 0 fully saturated rings. The maximum atomic E-state index is 11.2. The van der Waals surface area contributed by atoms with Crippen LogP contribution in [-0.2, 0) is 15.0 Å². The molecule has 3 N–H and O–H groups in total. The van der Waals surface area contributed by atoms with E-state index in [0.717, 1.165) is 4.89 Å². The molecule has 0 saturated carbocycles.